The molecule has 0 radical (unpaired) electrons. The summed E-state index contributed by atoms with van der Waals surface area (Å²) in [5.74, 6) is 0.485. The molecule has 0 aliphatic rings. The van der Waals surface area contributed by atoms with Gasteiger partial charge in [-0.15, -0.1) is 22.9 Å². The minimum absolute atomic E-state index is 0.0493. The van der Waals surface area contributed by atoms with E-state index in [1.807, 2.05) is 23.7 Å². The molecule has 0 N–H and O–H groups in total. The monoisotopic (exact) mass is 257 g/mol. The fourth-order valence-electron chi connectivity index (χ4n) is 1.50. The summed E-state index contributed by atoms with van der Waals surface area (Å²) in [6, 6.07) is 3.82. The van der Waals surface area contributed by atoms with Crippen molar-refractivity contribution in [2.24, 2.45) is 0 Å². The number of hydrogen-bond donors (Lipinski definition) is 0. The molecule has 2 heterocycles. The molecule has 2 rings (SSSR count). The van der Waals surface area contributed by atoms with Crippen molar-refractivity contribution in [1.82, 2.24) is 4.57 Å². The average Bonchev–Trinajstić information content (AvgIpc) is 2.76. The summed E-state index contributed by atoms with van der Waals surface area (Å²) in [7, 11) is 0. The topological polar surface area (TPSA) is 31.2 Å². The third kappa shape index (κ3) is 2.45. The van der Waals surface area contributed by atoms with Gasteiger partial charge in [-0.05, 0) is 17.5 Å². The highest BCUT2D eigenvalue weighted by Crippen LogP contribution is 2.15. The Morgan fingerprint density at radius 1 is 1.38 bits per heavy atom. The Morgan fingerprint density at radius 3 is 3.06 bits per heavy atom. The Labute approximate surface area is 102 Å². The maximum absolute atomic E-state index is 11.9. The molecule has 0 aliphatic carbocycles. The summed E-state index contributed by atoms with van der Waals surface area (Å²) >= 11 is 7.07. The molecule has 0 spiro atoms. The number of fused-ring (bicyclic) bond motifs is 1. The van der Waals surface area contributed by atoms with Crippen LogP contribution in [0.25, 0.3) is 10.1 Å². The Hall–Kier alpha value is -0.840. The van der Waals surface area contributed by atoms with Crippen molar-refractivity contribution in [2.45, 2.75) is 6.54 Å². The molecule has 0 fully saturated rings. The van der Waals surface area contributed by atoms with Crippen LogP contribution >= 0.6 is 22.9 Å². The molecule has 0 aromatic carbocycles. The highest BCUT2D eigenvalue weighted by Gasteiger charge is 2.02. The number of hydrogen-bond acceptors (Lipinski definition) is 3. The number of thiophene rings is 1. The van der Waals surface area contributed by atoms with Crippen LogP contribution in [0.5, 0.6) is 0 Å². The summed E-state index contributed by atoms with van der Waals surface area (Å²) in [6.45, 7) is 1.61. The molecule has 0 bridgehead atoms. The Balaban J connectivity index is 2.12. The average molecular weight is 258 g/mol. The van der Waals surface area contributed by atoms with Crippen LogP contribution in [0.4, 0.5) is 0 Å². The van der Waals surface area contributed by atoms with Crippen LogP contribution in [0.15, 0.2) is 28.5 Å². The zero-order valence-electron chi connectivity index (χ0n) is 8.69. The predicted octanol–water partition coefficient (Wildman–Crippen LogP) is 2.32. The number of ether oxygens (including phenoxy) is 1. The summed E-state index contributed by atoms with van der Waals surface area (Å²) in [6.07, 6.45) is 1.81. The lowest BCUT2D eigenvalue weighted by atomic mass is 10.3. The lowest BCUT2D eigenvalue weighted by Gasteiger charge is -2.05. The molecule has 3 nitrogen and oxygen atoms in total. The first kappa shape index (κ1) is 11.6. The van der Waals surface area contributed by atoms with E-state index >= 15 is 0 Å². The van der Waals surface area contributed by atoms with Gasteiger partial charge in [-0.2, -0.15) is 0 Å². The van der Waals surface area contributed by atoms with E-state index in [1.165, 1.54) is 0 Å². The van der Waals surface area contributed by atoms with E-state index in [1.54, 1.807) is 15.9 Å². The lowest BCUT2D eigenvalue weighted by molar-refractivity contribution is 0.140. The summed E-state index contributed by atoms with van der Waals surface area (Å²) < 4.78 is 7.95. The third-order valence-corrected chi connectivity index (χ3v) is 3.33. The van der Waals surface area contributed by atoms with Gasteiger partial charge in [-0.25, -0.2) is 0 Å². The molecule has 0 atom stereocenters. The quantitative estimate of drug-likeness (QED) is 0.608. The summed E-state index contributed by atoms with van der Waals surface area (Å²) in [5, 5.41) is 2.71. The summed E-state index contributed by atoms with van der Waals surface area (Å²) in [5.41, 5.74) is 0.0493. The number of aromatic nitrogens is 1. The first-order valence-corrected chi connectivity index (χ1v) is 6.44. The standard InChI is InChI=1S/C11H12ClNO2S/c12-3-6-15-7-5-13-4-1-10-9(11(13)14)2-8-16-10/h1-2,4,8H,3,5-7H2. The van der Waals surface area contributed by atoms with Gasteiger partial charge >= 0.3 is 0 Å². The van der Waals surface area contributed by atoms with Crippen molar-refractivity contribution >= 4 is 33.0 Å². The van der Waals surface area contributed by atoms with Crippen LogP contribution in [0.2, 0.25) is 0 Å². The van der Waals surface area contributed by atoms with E-state index in [2.05, 4.69) is 0 Å². The molecule has 86 valence electrons. The van der Waals surface area contributed by atoms with Gasteiger partial charge in [0.25, 0.3) is 5.56 Å². The second-order valence-electron chi connectivity index (χ2n) is 3.31. The van der Waals surface area contributed by atoms with E-state index in [4.69, 9.17) is 16.3 Å². The van der Waals surface area contributed by atoms with E-state index in [0.29, 0.717) is 25.6 Å². The largest absolute Gasteiger partial charge is 0.378 e. The van der Waals surface area contributed by atoms with Gasteiger partial charge in [0.2, 0.25) is 0 Å². The van der Waals surface area contributed by atoms with Gasteiger partial charge in [-0.1, -0.05) is 0 Å². The van der Waals surface area contributed by atoms with Crippen LogP contribution in [0, 0.1) is 0 Å². The molecule has 0 unspecified atom stereocenters. The van der Waals surface area contributed by atoms with Crippen LogP contribution in [0.3, 0.4) is 0 Å². The van der Waals surface area contributed by atoms with Crippen LogP contribution in [0.1, 0.15) is 0 Å². The normalized spacial score (nSPS) is 11.1. The molecule has 16 heavy (non-hydrogen) atoms. The van der Waals surface area contributed by atoms with Crippen molar-refractivity contribution in [3.8, 4) is 0 Å². The maximum Gasteiger partial charge on any atom is 0.259 e. The number of rotatable bonds is 5. The Kier molecular flexibility index (Phi) is 3.98. The molecule has 0 amide bonds. The van der Waals surface area contributed by atoms with E-state index in [0.717, 1.165) is 10.1 Å². The molecule has 0 aliphatic heterocycles. The lowest BCUT2D eigenvalue weighted by Crippen LogP contribution is -2.21. The second-order valence-corrected chi connectivity index (χ2v) is 4.64. The van der Waals surface area contributed by atoms with Crippen molar-refractivity contribution in [3.05, 3.63) is 34.1 Å². The van der Waals surface area contributed by atoms with Crippen LogP contribution in [-0.4, -0.2) is 23.7 Å². The van der Waals surface area contributed by atoms with Gasteiger partial charge in [0.15, 0.2) is 0 Å². The molecular formula is C11H12ClNO2S. The van der Waals surface area contributed by atoms with Gasteiger partial charge in [-0.3, -0.25) is 4.79 Å². The van der Waals surface area contributed by atoms with Gasteiger partial charge in [0.05, 0.1) is 18.6 Å². The second kappa shape index (κ2) is 5.48. The maximum atomic E-state index is 11.9. The molecule has 5 heteroatoms. The smallest absolute Gasteiger partial charge is 0.259 e. The van der Waals surface area contributed by atoms with Crippen LogP contribution < -0.4 is 5.56 Å². The minimum atomic E-state index is 0.0493. The van der Waals surface area contributed by atoms with Crippen molar-refractivity contribution in [1.29, 1.82) is 0 Å². The van der Waals surface area contributed by atoms with E-state index < -0.39 is 0 Å². The molecule has 2 aromatic heterocycles. The predicted molar refractivity (Wildman–Crippen MR) is 67.6 cm³/mol. The zero-order valence-corrected chi connectivity index (χ0v) is 10.3. The Morgan fingerprint density at radius 2 is 2.25 bits per heavy atom. The van der Waals surface area contributed by atoms with Crippen molar-refractivity contribution in [3.63, 3.8) is 0 Å². The van der Waals surface area contributed by atoms with Crippen molar-refractivity contribution in [2.75, 3.05) is 19.1 Å². The molecule has 2 aromatic rings. The fraction of sp³-hybridized carbons (Fsp3) is 0.364. The number of pyridine rings is 1. The SMILES string of the molecule is O=c1c2ccsc2ccn1CCOCCCl. The number of nitrogens with zero attached hydrogens (tertiary/aromatic N) is 1. The molecule has 0 saturated carbocycles. The first-order valence-electron chi connectivity index (χ1n) is 5.03. The number of halogens is 1. The minimum Gasteiger partial charge on any atom is -0.378 e. The fourth-order valence-corrected chi connectivity index (χ4v) is 2.38. The summed E-state index contributed by atoms with van der Waals surface area (Å²) in [4.78, 5) is 11.9. The highest BCUT2D eigenvalue weighted by molar-refractivity contribution is 7.17. The van der Waals surface area contributed by atoms with Gasteiger partial charge in [0, 0.05) is 23.3 Å². The Bertz CT molecular complexity index is 520. The van der Waals surface area contributed by atoms with E-state index in [9.17, 15) is 4.79 Å². The van der Waals surface area contributed by atoms with Gasteiger partial charge < -0.3 is 9.30 Å². The highest BCUT2D eigenvalue weighted by atomic mass is 35.5. The number of alkyl halides is 1. The molecule has 0 saturated heterocycles. The van der Waals surface area contributed by atoms with Crippen LogP contribution in [-0.2, 0) is 11.3 Å². The van der Waals surface area contributed by atoms with Gasteiger partial charge in [0.1, 0.15) is 0 Å². The zero-order chi connectivity index (χ0) is 11.4. The van der Waals surface area contributed by atoms with E-state index in [-0.39, 0.29) is 5.56 Å². The molecular weight excluding hydrogens is 246 g/mol. The third-order valence-electron chi connectivity index (χ3n) is 2.29. The first-order chi connectivity index (χ1) is 7.83. The van der Waals surface area contributed by atoms with Crippen molar-refractivity contribution < 1.29 is 4.74 Å².